The summed E-state index contributed by atoms with van der Waals surface area (Å²) >= 11 is 0. The van der Waals surface area contributed by atoms with E-state index in [1.807, 2.05) is 19.1 Å². The largest absolute Gasteiger partial charge is 0.461 e. The Morgan fingerprint density at radius 2 is 1.60 bits per heavy atom. The van der Waals surface area contributed by atoms with E-state index in [4.69, 9.17) is 23.4 Å². The van der Waals surface area contributed by atoms with E-state index >= 15 is 0 Å². The van der Waals surface area contributed by atoms with Crippen molar-refractivity contribution in [2.24, 2.45) is 5.92 Å². The second-order valence-electron chi connectivity index (χ2n) is 15.4. The summed E-state index contributed by atoms with van der Waals surface area (Å²) in [4.78, 5) is 0.398. The number of sulfone groups is 1. The zero-order chi connectivity index (χ0) is 37.7. The molecule has 1 N–H and O–H groups in total. The van der Waals surface area contributed by atoms with Gasteiger partial charge in [0, 0.05) is 26.1 Å². The second kappa shape index (κ2) is 16.6. The zero-order valence-corrected chi connectivity index (χ0v) is 33.3. The van der Waals surface area contributed by atoms with Crippen LogP contribution in [0.25, 0.3) is 0 Å². The maximum atomic E-state index is 14.1. The normalized spacial score (nSPS) is 25.7. The van der Waals surface area contributed by atoms with Crippen molar-refractivity contribution in [2.45, 2.75) is 107 Å². The lowest BCUT2D eigenvalue weighted by Crippen LogP contribution is -2.66. The van der Waals surface area contributed by atoms with Gasteiger partial charge in [-0.3, -0.25) is 0 Å². The van der Waals surface area contributed by atoms with Crippen molar-refractivity contribution < 1.29 is 36.9 Å². The second-order valence-corrected chi connectivity index (χ2v) is 21.6. The van der Waals surface area contributed by atoms with E-state index in [2.05, 4.69) is 93.6 Å². The molecule has 0 aromatic heterocycles. The molecule has 0 bridgehead atoms. The Morgan fingerprint density at radius 3 is 2.19 bits per heavy atom. The van der Waals surface area contributed by atoms with E-state index in [1.165, 1.54) is 10.4 Å². The van der Waals surface area contributed by atoms with Crippen molar-refractivity contribution in [3.8, 4) is 0 Å². The Balaban J connectivity index is 1.14. The van der Waals surface area contributed by atoms with Crippen LogP contribution in [0.1, 0.15) is 66.2 Å². The van der Waals surface area contributed by atoms with Crippen molar-refractivity contribution in [1.82, 2.24) is 0 Å². The Labute approximate surface area is 316 Å². The van der Waals surface area contributed by atoms with E-state index in [0.717, 1.165) is 12.8 Å². The van der Waals surface area contributed by atoms with Crippen LogP contribution in [0.15, 0.2) is 131 Å². The highest BCUT2D eigenvalue weighted by Crippen LogP contribution is 2.47. The third-order valence-electron chi connectivity index (χ3n) is 10.5. The molecule has 3 aromatic rings. The van der Waals surface area contributed by atoms with Gasteiger partial charge in [0.15, 0.2) is 6.29 Å². The fourth-order valence-electron chi connectivity index (χ4n) is 7.88. The number of aliphatic hydroxyl groups excluding tert-OH is 1. The fraction of sp³-hybridized carbons (Fsp3) is 0.442. The van der Waals surface area contributed by atoms with Crippen LogP contribution in [0.5, 0.6) is 0 Å². The SMILES string of the molecule is CO[C@H]1C[C@H](O)[C@H](C[C@H](C)C2=C(S(=O)(=O)c3ccccc3)C[C@]3(C=CC[C@@H](/C=C/CCCO[Si](c4ccccc4)(c4ccccc4)C(C)(C)C)O3)O2)O1. The van der Waals surface area contributed by atoms with Crippen LogP contribution in [0.3, 0.4) is 0 Å². The number of aliphatic hydroxyl groups is 1. The number of rotatable bonds is 14. The van der Waals surface area contributed by atoms with Gasteiger partial charge in [0.25, 0.3) is 8.32 Å². The highest BCUT2D eigenvalue weighted by molar-refractivity contribution is 7.95. The molecule has 3 aliphatic heterocycles. The summed E-state index contributed by atoms with van der Waals surface area (Å²) in [6.45, 7) is 9.38. The highest BCUT2D eigenvalue weighted by Gasteiger charge is 2.51. The van der Waals surface area contributed by atoms with Crippen LogP contribution in [0.2, 0.25) is 5.04 Å². The molecule has 0 unspecified atom stereocenters. The molecular weight excluding hydrogens is 705 g/mol. The summed E-state index contributed by atoms with van der Waals surface area (Å²) in [7, 11) is -4.95. The predicted molar refractivity (Wildman–Crippen MR) is 210 cm³/mol. The van der Waals surface area contributed by atoms with E-state index < -0.39 is 42.4 Å². The van der Waals surface area contributed by atoms with Gasteiger partial charge >= 0.3 is 0 Å². The number of hydrogen-bond donors (Lipinski definition) is 1. The summed E-state index contributed by atoms with van der Waals surface area (Å²) in [5.74, 6) is -1.29. The third kappa shape index (κ3) is 8.49. The zero-order valence-electron chi connectivity index (χ0n) is 31.5. The van der Waals surface area contributed by atoms with E-state index in [0.29, 0.717) is 31.6 Å². The number of ether oxygens (including phenoxy) is 4. The van der Waals surface area contributed by atoms with Gasteiger partial charge in [-0.05, 0) is 59.3 Å². The molecule has 0 saturated carbocycles. The summed E-state index contributed by atoms with van der Waals surface area (Å²) in [5, 5.41) is 13.1. The van der Waals surface area contributed by atoms with Crippen molar-refractivity contribution in [1.29, 1.82) is 0 Å². The molecule has 6 atom stereocenters. The van der Waals surface area contributed by atoms with Crippen LogP contribution in [0.4, 0.5) is 0 Å². The molecule has 8 nitrogen and oxygen atoms in total. The van der Waals surface area contributed by atoms with E-state index in [-0.39, 0.29) is 33.3 Å². The number of hydrogen-bond acceptors (Lipinski definition) is 8. The van der Waals surface area contributed by atoms with Crippen LogP contribution in [-0.2, 0) is 33.2 Å². The highest BCUT2D eigenvalue weighted by atomic mass is 32.2. The van der Waals surface area contributed by atoms with Crippen molar-refractivity contribution in [2.75, 3.05) is 13.7 Å². The maximum Gasteiger partial charge on any atom is 0.261 e. The average Bonchev–Trinajstić information content (AvgIpc) is 3.71. The van der Waals surface area contributed by atoms with E-state index in [1.54, 1.807) is 37.4 Å². The summed E-state index contributed by atoms with van der Waals surface area (Å²) in [6.07, 6.45) is 9.07. The van der Waals surface area contributed by atoms with Gasteiger partial charge in [-0.15, -0.1) is 0 Å². The van der Waals surface area contributed by atoms with Crippen LogP contribution in [-0.4, -0.2) is 65.9 Å². The molecule has 1 spiro atoms. The lowest BCUT2D eigenvalue weighted by molar-refractivity contribution is -0.194. The van der Waals surface area contributed by atoms with Crippen LogP contribution in [0, 0.1) is 5.92 Å². The van der Waals surface area contributed by atoms with Crippen LogP contribution >= 0.6 is 0 Å². The minimum Gasteiger partial charge on any atom is -0.461 e. The third-order valence-corrected chi connectivity index (χ3v) is 17.5. The van der Waals surface area contributed by atoms with Gasteiger partial charge < -0.3 is 28.5 Å². The first-order chi connectivity index (χ1) is 25.4. The van der Waals surface area contributed by atoms with Crippen molar-refractivity contribution >= 4 is 28.5 Å². The predicted octanol–water partition coefficient (Wildman–Crippen LogP) is 7.20. The lowest BCUT2D eigenvalue weighted by atomic mass is 9.98. The molecule has 0 aliphatic carbocycles. The van der Waals surface area contributed by atoms with Gasteiger partial charge in [-0.25, -0.2) is 8.42 Å². The molecular formula is C43H54O8SSi. The molecule has 53 heavy (non-hydrogen) atoms. The monoisotopic (exact) mass is 758 g/mol. The van der Waals surface area contributed by atoms with E-state index in [9.17, 15) is 13.5 Å². The summed E-state index contributed by atoms with van der Waals surface area (Å²) in [6, 6.07) is 29.8. The quantitative estimate of drug-likeness (QED) is 0.105. The molecule has 3 aromatic carbocycles. The molecule has 1 saturated heterocycles. The average molecular weight is 759 g/mol. The van der Waals surface area contributed by atoms with Crippen molar-refractivity contribution in [3.63, 3.8) is 0 Å². The number of unbranched alkanes of at least 4 members (excludes halogenated alkanes) is 1. The van der Waals surface area contributed by atoms with Crippen molar-refractivity contribution in [3.05, 3.63) is 126 Å². The first-order valence-corrected chi connectivity index (χ1v) is 22.1. The molecule has 3 heterocycles. The topological polar surface area (TPSA) is 101 Å². The van der Waals surface area contributed by atoms with Gasteiger partial charge in [0.1, 0.15) is 5.76 Å². The standard InChI is InChI=1S/C43H54O8SSi/c1-32(29-38-37(44)30-40(47-5)49-38)41-39(52(45,46)34-21-11-6-12-22-34)31-43(51-41)27-18-20-33(50-43)19-10-9-17-28-48-53(42(2,3)4,35-23-13-7-14-24-35)36-25-15-8-16-26-36/h6-8,10-16,18-19,21-27,32-33,37-38,40,44H,9,17,20,28-31H2,1-5H3/b19-10+/t32-,33+,37-,38-,40+,43-/m0/s1. The maximum absolute atomic E-state index is 14.1. The van der Waals surface area contributed by atoms with Gasteiger partial charge in [0.05, 0.1) is 34.5 Å². The summed E-state index contributed by atoms with van der Waals surface area (Å²) < 4.78 is 59.7. The molecule has 10 heteroatoms. The molecule has 3 aliphatic rings. The molecule has 1 fully saturated rings. The fourth-order valence-corrected chi connectivity index (χ4v) is 14.2. The van der Waals surface area contributed by atoms with Gasteiger partial charge in [0.2, 0.25) is 15.6 Å². The Kier molecular flexibility index (Phi) is 12.3. The minimum absolute atomic E-state index is 0.0475. The lowest BCUT2D eigenvalue weighted by Gasteiger charge is -2.43. The Morgan fingerprint density at radius 1 is 0.981 bits per heavy atom. The first-order valence-electron chi connectivity index (χ1n) is 18.7. The number of benzene rings is 3. The smallest absolute Gasteiger partial charge is 0.261 e. The Bertz CT molecular complexity index is 1820. The van der Waals surface area contributed by atoms with Crippen LogP contribution < -0.4 is 10.4 Å². The molecule has 0 radical (unpaired) electrons. The Hall–Kier alpha value is -3.35. The molecule has 284 valence electrons. The minimum atomic E-state index is -3.89. The number of methoxy groups -OCH3 is 1. The van der Waals surface area contributed by atoms with Gasteiger partial charge in [-0.2, -0.15) is 0 Å². The molecule has 0 amide bonds. The number of allylic oxidation sites excluding steroid dienone is 2. The van der Waals surface area contributed by atoms with Gasteiger partial charge in [-0.1, -0.05) is 125 Å². The summed E-state index contributed by atoms with van der Waals surface area (Å²) in [5.41, 5.74) is 0. The molecule has 6 rings (SSSR count). The first kappa shape index (κ1) is 39.3.